The van der Waals surface area contributed by atoms with E-state index in [1.807, 2.05) is 11.8 Å². The molecule has 0 aliphatic carbocycles. The minimum Gasteiger partial charge on any atom is -0.448 e. The second-order valence-electron chi connectivity index (χ2n) is 3.98. The van der Waals surface area contributed by atoms with Crippen LogP contribution in [0.3, 0.4) is 0 Å². The number of aryl methyl sites for hydroxylation is 1. The fourth-order valence-corrected chi connectivity index (χ4v) is 1.89. The zero-order valence-corrected chi connectivity index (χ0v) is 9.03. The molecular formula is C11H16N2O2. The fraction of sp³-hybridized carbons (Fsp3) is 0.636. The molecule has 0 radical (unpaired) electrons. The molecule has 0 saturated carbocycles. The zero-order valence-electron chi connectivity index (χ0n) is 9.03. The zero-order chi connectivity index (χ0) is 10.7. The van der Waals surface area contributed by atoms with Gasteiger partial charge in [0.1, 0.15) is 5.76 Å². The van der Waals surface area contributed by atoms with Gasteiger partial charge in [0.15, 0.2) is 6.39 Å². The van der Waals surface area contributed by atoms with E-state index in [-0.39, 0.29) is 5.91 Å². The molecule has 0 N–H and O–H groups in total. The summed E-state index contributed by atoms with van der Waals surface area (Å²) in [6, 6.07) is 0. The van der Waals surface area contributed by atoms with Gasteiger partial charge in [-0.3, -0.25) is 4.79 Å². The van der Waals surface area contributed by atoms with Crippen LogP contribution in [-0.2, 0) is 11.2 Å². The van der Waals surface area contributed by atoms with Crippen LogP contribution in [0.2, 0.25) is 0 Å². The van der Waals surface area contributed by atoms with Crippen molar-refractivity contribution in [1.29, 1.82) is 0 Å². The minimum atomic E-state index is 0.162. The van der Waals surface area contributed by atoms with Crippen molar-refractivity contribution in [2.75, 3.05) is 13.1 Å². The Hall–Kier alpha value is -1.32. The van der Waals surface area contributed by atoms with E-state index in [1.165, 1.54) is 12.8 Å². The van der Waals surface area contributed by atoms with E-state index in [2.05, 4.69) is 4.98 Å². The van der Waals surface area contributed by atoms with Crippen LogP contribution in [0.25, 0.3) is 0 Å². The third-order valence-corrected chi connectivity index (χ3v) is 2.87. The van der Waals surface area contributed by atoms with Gasteiger partial charge in [-0.05, 0) is 26.2 Å². The number of hydrogen-bond acceptors (Lipinski definition) is 3. The highest BCUT2D eigenvalue weighted by Crippen LogP contribution is 2.12. The summed E-state index contributed by atoms with van der Waals surface area (Å²) in [6.07, 6.45) is 5.24. The molecule has 0 atom stereocenters. The summed E-state index contributed by atoms with van der Waals surface area (Å²) in [5.74, 6) is 0.861. The van der Waals surface area contributed by atoms with E-state index in [4.69, 9.17) is 4.42 Å². The highest BCUT2D eigenvalue weighted by molar-refractivity contribution is 5.78. The average Bonchev–Trinajstić information content (AvgIpc) is 2.66. The molecule has 1 aliphatic heterocycles. The van der Waals surface area contributed by atoms with Crippen LogP contribution in [0, 0.1) is 6.92 Å². The number of carbonyl (C=O) groups excluding carboxylic acids is 1. The molecule has 1 saturated heterocycles. The first kappa shape index (κ1) is 10.2. The van der Waals surface area contributed by atoms with Gasteiger partial charge in [-0.25, -0.2) is 4.98 Å². The normalized spacial score (nSPS) is 16.7. The molecule has 4 nitrogen and oxygen atoms in total. The van der Waals surface area contributed by atoms with Gasteiger partial charge in [-0.2, -0.15) is 0 Å². The first-order valence-corrected chi connectivity index (χ1v) is 5.44. The molecule has 2 heterocycles. The largest absolute Gasteiger partial charge is 0.448 e. The van der Waals surface area contributed by atoms with E-state index < -0.39 is 0 Å². The van der Waals surface area contributed by atoms with E-state index in [0.29, 0.717) is 12.2 Å². The Bertz CT molecular complexity index is 340. The lowest BCUT2D eigenvalue weighted by atomic mass is 10.1. The van der Waals surface area contributed by atoms with Crippen LogP contribution >= 0.6 is 0 Å². The third-order valence-electron chi connectivity index (χ3n) is 2.87. The van der Waals surface area contributed by atoms with Crippen molar-refractivity contribution in [3.63, 3.8) is 0 Å². The van der Waals surface area contributed by atoms with E-state index in [1.54, 1.807) is 0 Å². The van der Waals surface area contributed by atoms with Gasteiger partial charge < -0.3 is 9.32 Å². The number of rotatable bonds is 2. The molecule has 0 bridgehead atoms. The molecule has 1 aromatic rings. The van der Waals surface area contributed by atoms with Crippen molar-refractivity contribution in [2.45, 2.75) is 32.6 Å². The van der Waals surface area contributed by atoms with E-state index >= 15 is 0 Å². The summed E-state index contributed by atoms with van der Waals surface area (Å²) in [6.45, 7) is 3.65. The first-order valence-electron chi connectivity index (χ1n) is 5.44. The van der Waals surface area contributed by atoms with E-state index in [0.717, 1.165) is 31.6 Å². The van der Waals surface area contributed by atoms with Gasteiger partial charge in [0.2, 0.25) is 5.91 Å². The molecule has 1 aliphatic rings. The Labute approximate surface area is 89.3 Å². The van der Waals surface area contributed by atoms with Crippen molar-refractivity contribution in [1.82, 2.24) is 9.88 Å². The molecule has 2 rings (SSSR count). The quantitative estimate of drug-likeness (QED) is 0.740. The number of aromatic nitrogens is 1. The van der Waals surface area contributed by atoms with Crippen LogP contribution in [0.5, 0.6) is 0 Å². The second-order valence-corrected chi connectivity index (χ2v) is 3.98. The minimum absolute atomic E-state index is 0.162. The van der Waals surface area contributed by atoms with Crippen LogP contribution in [0.1, 0.15) is 30.7 Å². The summed E-state index contributed by atoms with van der Waals surface area (Å²) < 4.78 is 5.17. The number of amides is 1. The number of likely N-dealkylation sites (tertiary alicyclic amines) is 1. The molecule has 1 aromatic heterocycles. The monoisotopic (exact) mass is 208 g/mol. The number of nitrogens with zero attached hydrogens (tertiary/aromatic N) is 2. The average molecular weight is 208 g/mol. The topological polar surface area (TPSA) is 46.3 Å². The van der Waals surface area contributed by atoms with E-state index in [9.17, 15) is 4.79 Å². The maximum atomic E-state index is 11.9. The first-order chi connectivity index (χ1) is 7.27. The standard InChI is InChI=1S/C11H16N2O2/c1-9-10(15-8-12-9)7-11(14)13-5-3-2-4-6-13/h8H,2-7H2,1H3. The summed E-state index contributed by atoms with van der Waals surface area (Å²) in [5, 5.41) is 0. The second kappa shape index (κ2) is 4.47. The Morgan fingerprint density at radius 3 is 2.80 bits per heavy atom. The SMILES string of the molecule is Cc1ncoc1CC(=O)N1CCCCC1. The van der Waals surface area contributed by atoms with Gasteiger partial charge in [-0.1, -0.05) is 0 Å². The van der Waals surface area contributed by atoms with Crippen LogP contribution in [-0.4, -0.2) is 28.9 Å². The Kier molecular flexibility index (Phi) is 3.04. The summed E-state index contributed by atoms with van der Waals surface area (Å²) >= 11 is 0. The maximum absolute atomic E-state index is 11.9. The fourth-order valence-electron chi connectivity index (χ4n) is 1.89. The molecule has 0 aromatic carbocycles. The predicted octanol–water partition coefficient (Wildman–Crippen LogP) is 1.54. The molecular weight excluding hydrogens is 192 g/mol. The lowest BCUT2D eigenvalue weighted by Crippen LogP contribution is -2.36. The molecule has 15 heavy (non-hydrogen) atoms. The Morgan fingerprint density at radius 2 is 2.20 bits per heavy atom. The van der Waals surface area contributed by atoms with Crippen molar-refractivity contribution in [3.8, 4) is 0 Å². The van der Waals surface area contributed by atoms with Crippen molar-refractivity contribution < 1.29 is 9.21 Å². The molecule has 1 amide bonds. The molecule has 1 fully saturated rings. The summed E-state index contributed by atoms with van der Waals surface area (Å²) in [4.78, 5) is 17.8. The highest BCUT2D eigenvalue weighted by Gasteiger charge is 2.18. The maximum Gasteiger partial charge on any atom is 0.230 e. The van der Waals surface area contributed by atoms with Gasteiger partial charge in [0, 0.05) is 13.1 Å². The van der Waals surface area contributed by atoms with Crippen molar-refractivity contribution in [3.05, 3.63) is 17.8 Å². The highest BCUT2D eigenvalue weighted by atomic mass is 16.3. The van der Waals surface area contributed by atoms with Crippen LogP contribution < -0.4 is 0 Å². The molecule has 82 valence electrons. The third kappa shape index (κ3) is 2.37. The number of oxazole rings is 1. The molecule has 0 unspecified atom stereocenters. The molecule has 0 spiro atoms. The number of carbonyl (C=O) groups is 1. The van der Waals surface area contributed by atoms with Crippen molar-refractivity contribution in [2.24, 2.45) is 0 Å². The van der Waals surface area contributed by atoms with Crippen LogP contribution in [0.4, 0.5) is 0 Å². The van der Waals surface area contributed by atoms with Gasteiger partial charge in [0.25, 0.3) is 0 Å². The Balaban J connectivity index is 1.94. The lowest BCUT2D eigenvalue weighted by Gasteiger charge is -2.26. The van der Waals surface area contributed by atoms with Crippen molar-refractivity contribution >= 4 is 5.91 Å². The number of hydrogen-bond donors (Lipinski definition) is 0. The number of piperidine rings is 1. The van der Waals surface area contributed by atoms with Gasteiger partial charge in [0.05, 0.1) is 12.1 Å². The van der Waals surface area contributed by atoms with Gasteiger partial charge in [-0.15, -0.1) is 0 Å². The molecule has 4 heteroatoms. The lowest BCUT2D eigenvalue weighted by molar-refractivity contribution is -0.131. The Morgan fingerprint density at radius 1 is 1.47 bits per heavy atom. The van der Waals surface area contributed by atoms with Gasteiger partial charge >= 0.3 is 0 Å². The summed E-state index contributed by atoms with van der Waals surface area (Å²) in [5.41, 5.74) is 0.820. The van der Waals surface area contributed by atoms with Crippen LogP contribution in [0.15, 0.2) is 10.8 Å². The summed E-state index contributed by atoms with van der Waals surface area (Å²) in [7, 11) is 0. The smallest absolute Gasteiger partial charge is 0.230 e. The predicted molar refractivity (Wildman–Crippen MR) is 55.4 cm³/mol.